The molecule has 4 nitrogen and oxygen atoms in total. The van der Waals surface area contributed by atoms with Gasteiger partial charge in [-0.05, 0) is 82.1 Å². The van der Waals surface area contributed by atoms with Crippen LogP contribution in [0.4, 0.5) is 0 Å². The summed E-state index contributed by atoms with van der Waals surface area (Å²) in [5, 5.41) is 0. The molecule has 2 fully saturated rings. The van der Waals surface area contributed by atoms with Crippen molar-refractivity contribution >= 4 is 11.9 Å². The van der Waals surface area contributed by atoms with E-state index in [9.17, 15) is 9.59 Å². The van der Waals surface area contributed by atoms with E-state index in [1.165, 1.54) is 88.9 Å². The molecule has 2 aliphatic rings. The largest absolute Gasteiger partial charge is 0.469 e. The van der Waals surface area contributed by atoms with Crippen LogP contribution < -0.4 is 0 Å². The average Bonchev–Trinajstić information content (AvgIpc) is 2.94. The molecular formula is C37H64O4. The number of carbonyl (C=O) groups is 2. The van der Waals surface area contributed by atoms with Crippen LogP contribution in [-0.2, 0) is 19.1 Å². The number of unbranched alkanes of at least 4 members (excludes halogenated alkanes) is 12. The van der Waals surface area contributed by atoms with Gasteiger partial charge in [-0.2, -0.15) is 0 Å². The minimum Gasteiger partial charge on any atom is -0.469 e. The molecule has 0 N–H and O–H groups in total. The lowest BCUT2D eigenvalue weighted by molar-refractivity contribution is -0.168. The second-order valence-electron chi connectivity index (χ2n) is 13.8. The Kier molecular flexibility index (Phi) is 16.4. The van der Waals surface area contributed by atoms with Gasteiger partial charge in [0.25, 0.3) is 0 Å². The number of allylic oxidation sites excluding steroid dienone is 2. The number of hydrogen-bond donors (Lipinski definition) is 0. The third-order valence-corrected chi connectivity index (χ3v) is 10.7. The standard InChI is InChI=1S/C37H64O4/c1-7-8-9-10-11-12-13-14-15-16-17-18-19-21-34(38)41-29-26-30(2)22-24-32-31(3)23-25-33-36(32,4)27-20-28-37(33,5)35(39)40-6/h26,32-33H,3,7-25,27-29H2,1-2,4-6H3. The van der Waals surface area contributed by atoms with Gasteiger partial charge < -0.3 is 9.47 Å². The fourth-order valence-electron chi connectivity index (χ4n) is 8.07. The molecule has 0 aromatic carbocycles. The Balaban J connectivity index is 1.61. The maximum Gasteiger partial charge on any atom is 0.311 e. The molecule has 4 atom stereocenters. The van der Waals surface area contributed by atoms with E-state index in [4.69, 9.17) is 9.47 Å². The van der Waals surface area contributed by atoms with Crippen molar-refractivity contribution in [2.75, 3.05) is 13.7 Å². The highest BCUT2D eigenvalue weighted by atomic mass is 16.5. The fourth-order valence-corrected chi connectivity index (χ4v) is 8.07. The van der Waals surface area contributed by atoms with Crippen LogP contribution in [0.15, 0.2) is 23.8 Å². The molecule has 0 spiro atoms. The van der Waals surface area contributed by atoms with Crippen molar-refractivity contribution in [2.24, 2.45) is 22.7 Å². The molecule has 2 rings (SSSR count). The van der Waals surface area contributed by atoms with Gasteiger partial charge in [0.05, 0.1) is 12.5 Å². The molecule has 0 aromatic heterocycles. The summed E-state index contributed by atoms with van der Waals surface area (Å²) in [7, 11) is 1.53. The van der Waals surface area contributed by atoms with Crippen LogP contribution in [-0.4, -0.2) is 25.7 Å². The SMILES string of the molecule is C=C1CCC2C(C)(C(=O)OC)CCCC2(C)C1CCC(C)=CCOC(=O)CCCCCCCCCCCCCCC. The first-order valence-corrected chi connectivity index (χ1v) is 17.3. The van der Waals surface area contributed by atoms with Crippen molar-refractivity contribution in [1.82, 2.24) is 0 Å². The molecule has 0 bridgehead atoms. The summed E-state index contributed by atoms with van der Waals surface area (Å²) in [5.41, 5.74) is 2.29. The molecule has 41 heavy (non-hydrogen) atoms. The number of ether oxygens (including phenoxy) is 2. The topological polar surface area (TPSA) is 52.6 Å². The molecular weight excluding hydrogens is 508 g/mol. The molecule has 0 heterocycles. The quantitative estimate of drug-likeness (QED) is 0.0827. The van der Waals surface area contributed by atoms with Crippen molar-refractivity contribution in [3.63, 3.8) is 0 Å². The summed E-state index contributed by atoms with van der Waals surface area (Å²) in [6.07, 6.45) is 26.8. The molecule has 0 radical (unpaired) electrons. The number of fused-ring (bicyclic) bond motifs is 1. The van der Waals surface area contributed by atoms with Crippen molar-refractivity contribution in [3.8, 4) is 0 Å². The van der Waals surface area contributed by atoms with Gasteiger partial charge in [-0.1, -0.05) is 115 Å². The lowest BCUT2D eigenvalue weighted by atomic mass is 9.46. The minimum absolute atomic E-state index is 0.0450. The number of carbonyl (C=O) groups excluding carboxylic acids is 2. The third kappa shape index (κ3) is 11.2. The van der Waals surface area contributed by atoms with Crippen LogP contribution in [0, 0.1) is 22.7 Å². The van der Waals surface area contributed by atoms with Gasteiger partial charge in [0.1, 0.15) is 6.61 Å². The van der Waals surface area contributed by atoms with Gasteiger partial charge in [0.2, 0.25) is 0 Å². The first-order valence-electron chi connectivity index (χ1n) is 17.3. The summed E-state index contributed by atoms with van der Waals surface area (Å²) >= 11 is 0. The van der Waals surface area contributed by atoms with Gasteiger partial charge in [0, 0.05) is 6.42 Å². The number of rotatable bonds is 20. The monoisotopic (exact) mass is 572 g/mol. The molecule has 4 heteroatoms. The zero-order valence-electron chi connectivity index (χ0n) is 27.6. The van der Waals surface area contributed by atoms with Crippen LogP contribution in [0.2, 0.25) is 0 Å². The normalized spacial score (nSPS) is 26.5. The second kappa shape index (κ2) is 18.9. The van der Waals surface area contributed by atoms with E-state index in [-0.39, 0.29) is 17.4 Å². The fraction of sp³-hybridized carbons (Fsp3) is 0.838. The van der Waals surface area contributed by atoms with E-state index in [0.717, 1.165) is 57.8 Å². The van der Waals surface area contributed by atoms with Crippen LogP contribution >= 0.6 is 0 Å². The average molecular weight is 573 g/mol. The van der Waals surface area contributed by atoms with E-state index in [1.807, 2.05) is 0 Å². The van der Waals surface area contributed by atoms with Crippen LogP contribution in [0.3, 0.4) is 0 Å². The zero-order chi connectivity index (χ0) is 30.1. The van der Waals surface area contributed by atoms with E-state index >= 15 is 0 Å². The summed E-state index contributed by atoms with van der Waals surface area (Å²) in [6, 6.07) is 0. The van der Waals surface area contributed by atoms with E-state index in [1.54, 1.807) is 0 Å². The Bertz CT molecular complexity index is 829. The summed E-state index contributed by atoms with van der Waals surface area (Å²) in [5.74, 6) is 0.628. The van der Waals surface area contributed by atoms with Crippen molar-refractivity contribution < 1.29 is 19.1 Å². The smallest absolute Gasteiger partial charge is 0.311 e. The Morgan fingerprint density at radius 1 is 0.902 bits per heavy atom. The summed E-state index contributed by atoms with van der Waals surface area (Å²) in [6.45, 7) is 13.8. The van der Waals surface area contributed by atoms with Crippen molar-refractivity contribution in [1.29, 1.82) is 0 Å². The van der Waals surface area contributed by atoms with E-state index < -0.39 is 5.41 Å². The number of methoxy groups -OCH3 is 1. The lowest BCUT2D eigenvalue weighted by Crippen LogP contribution is -2.53. The van der Waals surface area contributed by atoms with Crippen LogP contribution in [0.5, 0.6) is 0 Å². The van der Waals surface area contributed by atoms with Gasteiger partial charge in [0.15, 0.2) is 0 Å². The highest BCUT2D eigenvalue weighted by Crippen LogP contribution is 2.62. The van der Waals surface area contributed by atoms with E-state index in [2.05, 4.69) is 40.3 Å². The van der Waals surface area contributed by atoms with Crippen LogP contribution in [0.25, 0.3) is 0 Å². The molecule has 0 amide bonds. The third-order valence-electron chi connectivity index (χ3n) is 10.7. The predicted molar refractivity (Wildman–Crippen MR) is 172 cm³/mol. The summed E-state index contributed by atoms with van der Waals surface area (Å²) < 4.78 is 10.8. The predicted octanol–water partition coefficient (Wildman–Crippen LogP) is 10.7. The highest BCUT2D eigenvalue weighted by molar-refractivity contribution is 5.77. The van der Waals surface area contributed by atoms with Gasteiger partial charge in [-0.3, -0.25) is 9.59 Å². The van der Waals surface area contributed by atoms with Crippen molar-refractivity contribution in [3.05, 3.63) is 23.8 Å². The van der Waals surface area contributed by atoms with Gasteiger partial charge in [-0.15, -0.1) is 0 Å². The Morgan fingerprint density at radius 2 is 1.49 bits per heavy atom. The first kappa shape index (κ1) is 35.6. The first-order chi connectivity index (χ1) is 19.7. The van der Waals surface area contributed by atoms with Crippen LogP contribution in [0.1, 0.15) is 163 Å². The summed E-state index contributed by atoms with van der Waals surface area (Å²) in [4.78, 5) is 25.0. The Labute approximate surface area is 253 Å². The Hall–Kier alpha value is -1.58. The maximum atomic E-state index is 12.8. The number of hydrogen-bond acceptors (Lipinski definition) is 4. The lowest BCUT2D eigenvalue weighted by Gasteiger charge is -2.57. The maximum absolute atomic E-state index is 12.8. The molecule has 0 saturated heterocycles. The minimum atomic E-state index is -0.396. The highest BCUT2D eigenvalue weighted by Gasteiger charge is 2.57. The molecule has 236 valence electrons. The Morgan fingerprint density at radius 3 is 2.07 bits per heavy atom. The van der Waals surface area contributed by atoms with Crippen molar-refractivity contribution in [2.45, 2.75) is 163 Å². The number of esters is 2. The zero-order valence-corrected chi connectivity index (χ0v) is 27.6. The molecule has 4 unspecified atom stereocenters. The molecule has 0 aliphatic heterocycles. The second-order valence-corrected chi connectivity index (χ2v) is 13.8. The van der Waals surface area contributed by atoms with Gasteiger partial charge in [-0.25, -0.2) is 0 Å². The molecule has 2 saturated carbocycles. The van der Waals surface area contributed by atoms with E-state index in [0.29, 0.717) is 24.9 Å². The molecule has 2 aliphatic carbocycles. The molecule has 0 aromatic rings. The van der Waals surface area contributed by atoms with Gasteiger partial charge >= 0.3 is 11.9 Å².